The molecule has 0 fully saturated rings. The van der Waals surface area contributed by atoms with Gasteiger partial charge in [-0.15, -0.1) is 11.3 Å². The number of fused-ring (bicyclic) bond motifs is 1. The molecule has 0 saturated carbocycles. The summed E-state index contributed by atoms with van der Waals surface area (Å²) in [6.45, 7) is 2.51. The Morgan fingerprint density at radius 2 is 2.00 bits per heavy atom. The molecule has 1 heterocycles. The lowest BCUT2D eigenvalue weighted by Gasteiger charge is -2.05. The van der Waals surface area contributed by atoms with E-state index in [9.17, 15) is 4.79 Å². The number of amides is 1. The first-order chi connectivity index (χ1) is 9.72. The van der Waals surface area contributed by atoms with E-state index >= 15 is 0 Å². The molecule has 0 atom stereocenters. The molecule has 20 heavy (non-hydrogen) atoms. The molecule has 3 aromatic rings. The molecule has 0 saturated heterocycles. The Morgan fingerprint density at radius 1 is 1.20 bits per heavy atom. The van der Waals surface area contributed by atoms with Crippen molar-refractivity contribution in [3.05, 3.63) is 64.7 Å². The van der Waals surface area contributed by atoms with Crippen molar-refractivity contribution in [2.24, 2.45) is 0 Å². The van der Waals surface area contributed by atoms with Gasteiger partial charge in [0, 0.05) is 12.1 Å². The predicted molar refractivity (Wildman–Crippen MR) is 82.0 cm³/mol. The minimum absolute atomic E-state index is 0.0681. The molecule has 2 aromatic carbocycles. The first-order valence-corrected chi connectivity index (χ1v) is 7.23. The van der Waals surface area contributed by atoms with Crippen molar-refractivity contribution in [1.29, 1.82) is 0 Å². The molecule has 0 aliphatic heterocycles. The number of aryl methyl sites for hydroxylation is 1. The third-order valence-corrected chi connectivity index (χ3v) is 4.00. The highest BCUT2D eigenvalue weighted by Crippen LogP contribution is 2.22. The summed E-state index contributed by atoms with van der Waals surface area (Å²) in [6, 6.07) is 15.5. The zero-order valence-corrected chi connectivity index (χ0v) is 11.9. The van der Waals surface area contributed by atoms with Crippen molar-refractivity contribution < 1.29 is 4.79 Å². The number of hydrogen-bond acceptors (Lipinski definition) is 3. The van der Waals surface area contributed by atoms with Crippen LogP contribution in [0.5, 0.6) is 0 Å². The van der Waals surface area contributed by atoms with Crippen molar-refractivity contribution in [3.8, 4) is 0 Å². The molecule has 4 heteroatoms. The Labute approximate surface area is 121 Å². The van der Waals surface area contributed by atoms with E-state index in [-0.39, 0.29) is 5.91 Å². The molecule has 100 valence electrons. The number of thiazole rings is 1. The van der Waals surface area contributed by atoms with Gasteiger partial charge in [-0.2, -0.15) is 0 Å². The molecule has 0 aliphatic rings. The third kappa shape index (κ3) is 2.70. The highest BCUT2D eigenvalue weighted by Gasteiger charge is 2.08. The van der Waals surface area contributed by atoms with E-state index in [0.717, 1.165) is 20.8 Å². The van der Waals surface area contributed by atoms with Crippen LogP contribution < -0.4 is 5.32 Å². The van der Waals surface area contributed by atoms with Gasteiger partial charge < -0.3 is 5.32 Å². The minimum atomic E-state index is -0.0681. The summed E-state index contributed by atoms with van der Waals surface area (Å²) in [5, 5.41) is 3.94. The monoisotopic (exact) mass is 282 g/mol. The Balaban J connectivity index is 1.75. The van der Waals surface area contributed by atoms with Gasteiger partial charge in [0.2, 0.25) is 0 Å². The molecule has 0 spiro atoms. The fourth-order valence-corrected chi connectivity index (χ4v) is 2.87. The highest BCUT2D eigenvalue weighted by atomic mass is 32.1. The summed E-state index contributed by atoms with van der Waals surface area (Å²) in [5.74, 6) is -0.0681. The van der Waals surface area contributed by atoms with Crippen LogP contribution in [0.4, 0.5) is 0 Å². The minimum Gasteiger partial charge on any atom is -0.348 e. The van der Waals surface area contributed by atoms with Crippen LogP contribution in [-0.4, -0.2) is 10.9 Å². The maximum absolute atomic E-state index is 12.1. The summed E-state index contributed by atoms with van der Waals surface area (Å²) < 4.78 is 1.11. The van der Waals surface area contributed by atoms with Crippen LogP contribution in [0, 0.1) is 6.92 Å². The summed E-state index contributed by atoms with van der Waals surface area (Å²) in [6.07, 6.45) is 0. The first-order valence-electron chi connectivity index (χ1n) is 6.42. The highest BCUT2D eigenvalue weighted by molar-refractivity contribution is 7.18. The summed E-state index contributed by atoms with van der Waals surface area (Å²) in [5.41, 5.74) is 2.63. The van der Waals surface area contributed by atoms with Crippen molar-refractivity contribution >= 4 is 27.5 Å². The largest absolute Gasteiger partial charge is 0.348 e. The van der Waals surface area contributed by atoms with Crippen LogP contribution >= 0.6 is 11.3 Å². The SMILES string of the molecule is Cc1nc2cc(C(=O)NCc3ccccc3)ccc2s1. The van der Waals surface area contributed by atoms with E-state index < -0.39 is 0 Å². The van der Waals surface area contributed by atoms with Gasteiger partial charge in [0.15, 0.2) is 0 Å². The Bertz CT molecular complexity index is 750. The van der Waals surface area contributed by atoms with E-state index in [2.05, 4.69) is 10.3 Å². The summed E-state index contributed by atoms with van der Waals surface area (Å²) in [7, 11) is 0. The van der Waals surface area contributed by atoms with Gasteiger partial charge >= 0.3 is 0 Å². The van der Waals surface area contributed by atoms with E-state index in [1.54, 1.807) is 11.3 Å². The lowest BCUT2D eigenvalue weighted by molar-refractivity contribution is 0.0951. The number of benzene rings is 2. The number of carbonyl (C=O) groups excluding carboxylic acids is 1. The topological polar surface area (TPSA) is 42.0 Å². The summed E-state index contributed by atoms with van der Waals surface area (Å²) in [4.78, 5) is 16.5. The van der Waals surface area contributed by atoms with Crippen LogP contribution in [-0.2, 0) is 6.54 Å². The van der Waals surface area contributed by atoms with E-state index in [4.69, 9.17) is 0 Å². The van der Waals surface area contributed by atoms with Crippen LogP contribution in [0.25, 0.3) is 10.2 Å². The second kappa shape index (κ2) is 5.43. The van der Waals surface area contributed by atoms with Gasteiger partial charge in [0.05, 0.1) is 15.2 Å². The van der Waals surface area contributed by atoms with Gasteiger partial charge in [-0.05, 0) is 30.7 Å². The number of rotatable bonds is 3. The Hall–Kier alpha value is -2.20. The zero-order chi connectivity index (χ0) is 13.9. The van der Waals surface area contributed by atoms with Gasteiger partial charge in [-0.25, -0.2) is 4.98 Å². The molecule has 0 bridgehead atoms. The maximum Gasteiger partial charge on any atom is 0.251 e. The van der Waals surface area contributed by atoms with Crippen LogP contribution in [0.3, 0.4) is 0 Å². The van der Waals surface area contributed by atoms with Gasteiger partial charge in [0.1, 0.15) is 0 Å². The standard InChI is InChI=1S/C16H14N2OS/c1-11-18-14-9-13(7-8-15(14)20-11)16(19)17-10-12-5-3-2-4-6-12/h2-9H,10H2,1H3,(H,17,19). The first kappa shape index (κ1) is 12.8. The molecule has 1 aromatic heterocycles. The van der Waals surface area contributed by atoms with Crippen LogP contribution in [0.1, 0.15) is 20.9 Å². The fraction of sp³-hybridized carbons (Fsp3) is 0.125. The van der Waals surface area contributed by atoms with E-state index in [1.165, 1.54) is 0 Å². The van der Waals surface area contributed by atoms with Gasteiger partial charge in [-0.1, -0.05) is 30.3 Å². The molecule has 1 amide bonds. The van der Waals surface area contributed by atoms with Crippen molar-refractivity contribution in [3.63, 3.8) is 0 Å². The molecule has 1 N–H and O–H groups in total. The average Bonchev–Trinajstić information content (AvgIpc) is 2.85. The smallest absolute Gasteiger partial charge is 0.251 e. The average molecular weight is 282 g/mol. The number of nitrogens with one attached hydrogen (secondary N) is 1. The Kier molecular flexibility index (Phi) is 3.48. The lowest BCUT2D eigenvalue weighted by atomic mass is 10.2. The number of aromatic nitrogens is 1. The van der Waals surface area contributed by atoms with Crippen molar-refractivity contribution in [1.82, 2.24) is 10.3 Å². The fourth-order valence-electron chi connectivity index (χ4n) is 2.06. The van der Waals surface area contributed by atoms with Crippen molar-refractivity contribution in [2.75, 3.05) is 0 Å². The van der Waals surface area contributed by atoms with Crippen molar-refractivity contribution in [2.45, 2.75) is 13.5 Å². The zero-order valence-electron chi connectivity index (χ0n) is 11.1. The quantitative estimate of drug-likeness (QED) is 0.798. The molecular formula is C16H14N2OS. The third-order valence-electron chi connectivity index (χ3n) is 3.05. The second-order valence-electron chi connectivity index (χ2n) is 4.58. The Morgan fingerprint density at radius 3 is 2.80 bits per heavy atom. The second-order valence-corrected chi connectivity index (χ2v) is 5.82. The molecular weight excluding hydrogens is 268 g/mol. The molecule has 0 unspecified atom stereocenters. The number of carbonyl (C=O) groups is 1. The summed E-state index contributed by atoms with van der Waals surface area (Å²) >= 11 is 1.64. The predicted octanol–water partition coefficient (Wildman–Crippen LogP) is 3.53. The molecule has 3 nitrogen and oxygen atoms in total. The molecule has 0 aliphatic carbocycles. The number of hydrogen-bond donors (Lipinski definition) is 1. The normalized spacial score (nSPS) is 10.7. The van der Waals surface area contributed by atoms with Crippen LogP contribution in [0.2, 0.25) is 0 Å². The molecule has 3 rings (SSSR count). The van der Waals surface area contributed by atoms with Crippen LogP contribution in [0.15, 0.2) is 48.5 Å². The van der Waals surface area contributed by atoms with Gasteiger partial charge in [0.25, 0.3) is 5.91 Å². The van der Waals surface area contributed by atoms with E-state index in [0.29, 0.717) is 12.1 Å². The number of nitrogens with zero attached hydrogens (tertiary/aromatic N) is 1. The lowest BCUT2D eigenvalue weighted by Crippen LogP contribution is -2.22. The molecule has 0 radical (unpaired) electrons. The maximum atomic E-state index is 12.1. The van der Waals surface area contributed by atoms with Gasteiger partial charge in [-0.3, -0.25) is 4.79 Å². The van der Waals surface area contributed by atoms with E-state index in [1.807, 2.05) is 55.5 Å².